The van der Waals surface area contributed by atoms with Crippen molar-refractivity contribution in [3.63, 3.8) is 0 Å². The molecule has 0 atom stereocenters. The van der Waals surface area contributed by atoms with E-state index in [0.29, 0.717) is 34.3 Å². The first kappa shape index (κ1) is 19.1. The van der Waals surface area contributed by atoms with Crippen LogP contribution in [0.2, 0.25) is 0 Å². The van der Waals surface area contributed by atoms with Gasteiger partial charge in [0, 0.05) is 29.3 Å². The summed E-state index contributed by atoms with van der Waals surface area (Å²) in [6.07, 6.45) is 0. The number of esters is 1. The maximum absolute atomic E-state index is 12.6. The van der Waals surface area contributed by atoms with Crippen molar-refractivity contribution in [1.29, 1.82) is 0 Å². The number of nitrogens with one attached hydrogen (secondary N) is 1. The van der Waals surface area contributed by atoms with Crippen molar-refractivity contribution in [2.24, 2.45) is 0 Å². The van der Waals surface area contributed by atoms with E-state index in [4.69, 9.17) is 9.15 Å². The van der Waals surface area contributed by atoms with Crippen LogP contribution in [0.5, 0.6) is 5.75 Å². The molecule has 0 saturated carbocycles. The number of carbonyl (C=O) groups excluding carboxylic acids is 2. The van der Waals surface area contributed by atoms with Crippen LogP contribution in [0.4, 0.5) is 5.69 Å². The van der Waals surface area contributed by atoms with Crippen LogP contribution in [-0.2, 0) is 4.79 Å². The van der Waals surface area contributed by atoms with Crippen molar-refractivity contribution in [3.05, 3.63) is 84.4 Å². The van der Waals surface area contributed by atoms with Crippen molar-refractivity contribution < 1.29 is 18.7 Å². The number of carbonyl (C=O) groups is 2. The number of rotatable bonds is 5. The molecular formula is C23H17N3O4. The van der Waals surface area contributed by atoms with E-state index in [1.807, 2.05) is 36.4 Å². The first-order chi connectivity index (χ1) is 14.6. The lowest BCUT2D eigenvalue weighted by Crippen LogP contribution is -2.12. The van der Waals surface area contributed by atoms with Gasteiger partial charge < -0.3 is 14.5 Å². The van der Waals surface area contributed by atoms with E-state index in [0.717, 1.165) is 5.56 Å². The highest BCUT2D eigenvalue weighted by Crippen LogP contribution is 2.26. The van der Waals surface area contributed by atoms with Crippen LogP contribution < -0.4 is 10.1 Å². The zero-order chi connectivity index (χ0) is 20.9. The Kier molecular flexibility index (Phi) is 5.34. The van der Waals surface area contributed by atoms with Gasteiger partial charge in [0.05, 0.1) is 0 Å². The van der Waals surface area contributed by atoms with E-state index in [2.05, 4.69) is 15.5 Å². The molecule has 7 nitrogen and oxygen atoms in total. The number of amides is 1. The smallest absolute Gasteiger partial charge is 0.308 e. The van der Waals surface area contributed by atoms with Crippen LogP contribution in [0.15, 0.2) is 83.3 Å². The third-order valence-corrected chi connectivity index (χ3v) is 4.17. The number of benzene rings is 3. The fourth-order valence-corrected chi connectivity index (χ4v) is 2.84. The van der Waals surface area contributed by atoms with Gasteiger partial charge in [0.25, 0.3) is 5.91 Å². The Morgan fingerprint density at radius 2 is 1.53 bits per heavy atom. The number of hydrogen-bond donors (Lipinski definition) is 1. The van der Waals surface area contributed by atoms with E-state index in [9.17, 15) is 9.59 Å². The Bertz CT molecular complexity index is 1200. The van der Waals surface area contributed by atoms with Crippen LogP contribution in [-0.4, -0.2) is 22.1 Å². The first-order valence-electron chi connectivity index (χ1n) is 9.18. The average Bonchev–Trinajstić information content (AvgIpc) is 3.25. The molecule has 0 unspecified atom stereocenters. The van der Waals surface area contributed by atoms with Crippen LogP contribution in [0, 0.1) is 0 Å². The predicted molar refractivity (Wildman–Crippen MR) is 111 cm³/mol. The molecule has 1 aromatic heterocycles. The summed E-state index contributed by atoms with van der Waals surface area (Å²) >= 11 is 0. The van der Waals surface area contributed by atoms with Crippen molar-refractivity contribution in [2.45, 2.75) is 6.92 Å². The zero-order valence-corrected chi connectivity index (χ0v) is 16.0. The molecule has 0 fully saturated rings. The van der Waals surface area contributed by atoms with Gasteiger partial charge in [-0.1, -0.05) is 30.3 Å². The Labute approximate surface area is 172 Å². The normalized spacial score (nSPS) is 10.4. The molecule has 3 aromatic carbocycles. The van der Waals surface area contributed by atoms with Crippen molar-refractivity contribution in [3.8, 4) is 28.7 Å². The molecule has 0 aliphatic carbocycles. The van der Waals surface area contributed by atoms with Gasteiger partial charge in [-0.2, -0.15) is 0 Å². The van der Waals surface area contributed by atoms with Crippen LogP contribution in [0.25, 0.3) is 22.9 Å². The summed E-state index contributed by atoms with van der Waals surface area (Å²) in [5.41, 5.74) is 2.43. The lowest BCUT2D eigenvalue weighted by molar-refractivity contribution is -0.131. The monoisotopic (exact) mass is 399 g/mol. The molecule has 1 heterocycles. The molecular weight excluding hydrogens is 382 g/mol. The maximum atomic E-state index is 12.6. The summed E-state index contributed by atoms with van der Waals surface area (Å²) in [4.78, 5) is 23.7. The minimum atomic E-state index is -0.449. The molecule has 0 saturated heterocycles. The molecule has 0 aliphatic rings. The van der Waals surface area contributed by atoms with Crippen molar-refractivity contribution in [2.75, 3.05) is 5.32 Å². The molecule has 0 bridgehead atoms. The Hall–Kier alpha value is -4.26. The topological polar surface area (TPSA) is 94.3 Å². The van der Waals surface area contributed by atoms with E-state index in [-0.39, 0.29) is 5.91 Å². The molecule has 0 spiro atoms. The fourth-order valence-electron chi connectivity index (χ4n) is 2.84. The highest BCUT2D eigenvalue weighted by molar-refractivity contribution is 6.04. The third-order valence-electron chi connectivity index (χ3n) is 4.17. The van der Waals surface area contributed by atoms with Gasteiger partial charge in [0.1, 0.15) is 5.75 Å². The molecule has 148 valence electrons. The Morgan fingerprint density at radius 3 is 2.30 bits per heavy atom. The van der Waals surface area contributed by atoms with E-state index in [1.54, 1.807) is 36.4 Å². The van der Waals surface area contributed by atoms with Gasteiger partial charge in [-0.3, -0.25) is 9.59 Å². The van der Waals surface area contributed by atoms with Gasteiger partial charge in [-0.25, -0.2) is 0 Å². The standard InChI is InChI=1S/C23H17N3O4/c1-15(27)29-20-12-6-9-17(14-20)21(28)24-19-11-5-10-18(13-19)23-26-25-22(30-23)16-7-3-2-4-8-16/h2-14H,1H3,(H,24,28). The van der Waals surface area contributed by atoms with Crippen LogP contribution in [0.3, 0.4) is 0 Å². The maximum Gasteiger partial charge on any atom is 0.308 e. The summed E-state index contributed by atoms with van der Waals surface area (Å²) in [5, 5.41) is 11.0. The van der Waals surface area contributed by atoms with Crippen LogP contribution >= 0.6 is 0 Å². The highest BCUT2D eigenvalue weighted by atomic mass is 16.5. The lowest BCUT2D eigenvalue weighted by atomic mass is 10.1. The molecule has 4 aromatic rings. The predicted octanol–water partition coefficient (Wildman–Crippen LogP) is 4.58. The summed E-state index contributed by atoms with van der Waals surface area (Å²) in [5.74, 6) is 0.290. The van der Waals surface area contributed by atoms with E-state index in [1.165, 1.54) is 13.0 Å². The van der Waals surface area contributed by atoms with Gasteiger partial charge in [0.2, 0.25) is 11.8 Å². The number of hydrogen-bond acceptors (Lipinski definition) is 6. The first-order valence-corrected chi connectivity index (χ1v) is 9.18. The van der Waals surface area contributed by atoms with E-state index >= 15 is 0 Å². The number of ether oxygens (including phenoxy) is 1. The Balaban J connectivity index is 1.52. The third kappa shape index (κ3) is 4.41. The second-order valence-electron chi connectivity index (χ2n) is 6.43. The SMILES string of the molecule is CC(=O)Oc1cccc(C(=O)Nc2cccc(-c3nnc(-c4ccccc4)o3)c2)c1. The molecule has 4 rings (SSSR count). The van der Waals surface area contributed by atoms with Gasteiger partial charge in [-0.15, -0.1) is 10.2 Å². The Morgan fingerprint density at radius 1 is 0.833 bits per heavy atom. The molecule has 30 heavy (non-hydrogen) atoms. The van der Waals surface area contributed by atoms with Crippen LogP contribution in [0.1, 0.15) is 17.3 Å². The van der Waals surface area contributed by atoms with E-state index < -0.39 is 5.97 Å². The zero-order valence-electron chi connectivity index (χ0n) is 16.0. The minimum absolute atomic E-state index is 0.309. The minimum Gasteiger partial charge on any atom is -0.427 e. The largest absolute Gasteiger partial charge is 0.427 e. The quantitative estimate of drug-likeness (QED) is 0.390. The highest BCUT2D eigenvalue weighted by Gasteiger charge is 2.12. The summed E-state index contributed by atoms with van der Waals surface area (Å²) < 4.78 is 10.8. The second kappa shape index (κ2) is 8.40. The molecule has 1 amide bonds. The van der Waals surface area contributed by atoms with Gasteiger partial charge >= 0.3 is 5.97 Å². The molecule has 0 aliphatic heterocycles. The second-order valence-corrected chi connectivity index (χ2v) is 6.43. The van der Waals surface area contributed by atoms with Crippen molar-refractivity contribution in [1.82, 2.24) is 10.2 Å². The fraction of sp³-hybridized carbons (Fsp3) is 0.0435. The lowest BCUT2D eigenvalue weighted by Gasteiger charge is -2.07. The average molecular weight is 399 g/mol. The van der Waals surface area contributed by atoms with Crippen molar-refractivity contribution >= 4 is 17.6 Å². The summed E-state index contributed by atoms with van der Waals surface area (Å²) in [6.45, 7) is 1.30. The number of nitrogens with zero attached hydrogens (tertiary/aromatic N) is 2. The summed E-state index contributed by atoms with van der Waals surface area (Å²) in [7, 11) is 0. The van der Waals surface area contributed by atoms with Gasteiger partial charge in [0.15, 0.2) is 0 Å². The number of anilines is 1. The van der Waals surface area contributed by atoms with Gasteiger partial charge in [-0.05, 0) is 48.5 Å². The number of aromatic nitrogens is 2. The summed E-state index contributed by atoms with van der Waals surface area (Å²) in [6, 6.07) is 23.0. The molecule has 1 N–H and O–H groups in total. The molecule has 0 radical (unpaired) electrons. The molecule has 7 heteroatoms.